The minimum absolute atomic E-state index is 0.0430. The molecule has 1 heterocycles. The van der Waals surface area contributed by atoms with Crippen LogP contribution in [0.25, 0.3) is 0 Å². The number of ether oxygens (including phenoxy) is 4. The fourth-order valence-corrected chi connectivity index (χ4v) is 2.66. The van der Waals surface area contributed by atoms with Crippen LogP contribution in [-0.2, 0) is 28.5 Å². The standard InChI is InChI=1S/C15H28BNO6/c1-5-10-13(23-12(19)7-6-11(18)17-3)14(15(16)22-10)21-9(2)8-20-4/h9-10,13-15H,5-8,16H2,1-4H3,(H,17,18)/t9?,10-,13?,14+,15-/m1/s1. The van der Waals surface area contributed by atoms with Crippen molar-refractivity contribution in [2.45, 2.75) is 63.5 Å². The zero-order valence-corrected chi connectivity index (χ0v) is 14.7. The first-order valence-corrected chi connectivity index (χ1v) is 8.12. The van der Waals surface area contributed by atoms with Crippen molar-refractivity contribution in [3.05, 3.63) is 0 Å². The molecule has 8 heteroatoms. The lowest BCUT2D eigenvalue weighted by molar-refractivity contribution is -0.161. The topological polar surface area (TPSA) is 83.1 Å². The number of hydrogen-bond donors (Lipinski definition) is 1. The summed E-state index contributed by atoms with van der Waals surface area (Å²) in [5, 5.41) is 2.48. The first-order chi connectivity index (χ1) is 10.9. The predicted octanol–water partition coefficient (Wildman–Crippen LogP) is -0.387. The van der Waals surface area contributed by atoms with E-state index in [1.807, 2.05) is 21.7 Å². The van der Waals surface area contributed by atoms with Crippen LogP contribution in [-0.4, -0.2) is 70.9 Å². The molecule has 1 saturated heterocycles. The third-order valence-corrected chi connectivity index (χ3v) is 3.84. The molecule has 0 aromatic carbocycles. The van der Waals surface area contributed by atoms with Crippen LogP contribution in [0, 0.1) is 0 Å². The monoisotopic (exact) mass is 329 g/mol. The van der Waals surface area contributed by atoms with Gasteiger partial charge < -0.3 is 24.3 Å². The van der Waals surface area contributed by atoms with E-state index in [0.717, 1.165) is 6.42 Å². The molecule has 0 aromatic rings. The second-order valence-electron chi connectivity index (χ2n) is 5.78. The molecule has 1 amide bonds. The molecule has 1 aliphatic rings. The SMILES string of the molecule is B[C@@H]1O[C@H](CC)C(OC(=O)CCC(=O)NC)[C@@H]1OC(C)COC. The van der Waals surface area contributed by atoms with Crippen molar-refractivity contribution < 1.29 is 28.5 Å². The van der Waals surface area contributed by atoms with E-state index in [1.165, 1.54) is 7.05 Å². The van der Waals surface area contributed by atoms with Crippen LogP contribution in [0.15, 0.2) is 0 Å². The maximum Gasteiger partial charge on any atom is 0.306 e. The van der Waals surface area contributed by atoms with Crippen LogP contribution in [0.4, 0.5) is 0 Å². The van der Waals surface area contributed by atoms with E-state index in [9.17, 15) is 9.59 Å². The van der Waals surface area contributed by atoms with Crippen LogP contribution >= 0.6 is 0 Å². The Hall–Kier alpha value is -1.12. The van der Waals surface area contributed by atoms with Gasteiger partial charge >= 0.3 is 5.97 Å². The van der Waals surface area contributed by atoms with Gasteiger partial charge in [0, 0.05) is 20.6 Å². The van der Waals surface area contributed by atoms with Crippen molar-refractivity contribution in [1.82, 2.24) is 5.32 Å². The van der Waals surface area contributed by atoms with E-state index in [0.29, 0.717) is 6.61 Å². The van der Waals surface area contributed by atoms with Gasteiger partial charge in [-0.25, -0.2) is 0 Å². The Morgan fingerprint density at radius 2 is 2.00 bits per heavy atom. The highest BCUT2D eigenvalue weighted by atomic mass is 16.6. The molecule has 0 spiro atoms. The molecular weight excluding hydrogens is 301 g/mol. The Labute approximate surface area is 138 Å². The summed E-state index contributed by atoms with van der Waals surface area (Å²) in [5.41, 5.74) is 0. The number of esters is 1. The number of methoxy groups -OCH3 is 1. The number of hydrogen-bond acceptors (Lipinski definition) is 6. The Kier molecular flexibility index (Phi) is 8.58. The fourth-order valence-electron chi connectivity index (χ4n) is 2.66. The molecule has 0 aromatic heterocycles. The number of carbonyl (C=O) groups excluding carboxylic acids is 2. The Morgan fingerprint density at radius 3 is 2.57 bits per heavy atom. The van der Waals surface area contributed by atoms with Gasteiger partial charge in [0.25, 0.3) is 0 Å². The van der Waals surface area contributed by atoms with E-state index in [-0.39, 0.29) is 43.1 Å². The van der Waals surface area contributed by atoms with E-state index in [4.69, 9.17) is 18.9 Å². The molecule has 5 atom stereocenters. The molecule has 0 saturated carbocycles. The van der Waals surface area contributed by atoms with E-state index in [2.05, 4.69) is 5.32 Å². The summed E-state index contributed by atoms with van der Waals surface area (Å²) in [6, 6.07) is -0.170. The zero-order valence-electron chi connectivity index (χ0n) is 14.7. The van der Waals surface area contributed by atoms with Crippen LogP contribution in [0.5, 0.6) is 0 Å². The molecule has 0 aliphatic carbocycles. The third-order valence-electron chi connectivity index (χ3n) is 3.84. The zero-order chi connectivity index (χ0) is 17.4. The van der Waals surface area contributed by atoms with Gasteiger partial charge in [-0.15, -0.1) is 0 Å². The summed E-state index contributed by atoms with van der Waals surface area (Å²) in [5.74, 6) is -0.603. The maximum absolute atomic E-state index is 12.0. The van der Waals surface area contributed by atoms with Gasteiger partial charge in [0.2, 0.25) is 5.91 Å². The van der Waals surface area contributed by atoms with Crippen LogP contribution in [0.1, 0.15) is 33.1 Å². The van der Waals surface area contributed by atoms with E-state index in [1.54, 1.807) is 7.11 Å². The Bertz CT molecular complexity index is 394. The minimum Gasteiger partial charge on any atom is -0.457 e. The summed E-state index contributed by atoms with van der Waals surface area (Å²) in [4.78, 5) is 23.2. The molecule has 1 N–H and O–H groups in total. The molecule has 7 nitrogen and oxygen atoms in total. The summed E-state index contributed by atoms with van der Waals surface area (Å²) >= 11 is 0. The van der Waals surface area contributed by atoms with Crippen molar-refractivity contribution in [1.29, 1.82) is 0 Å². The van der Waals surface area contributed by atoms with Crippen LogP contribution < -0.4 is 5.32 Å². The quantitative estimate of drug-likeness (QED) is 0.458. The minimum atomic E-state index is -0.466. The molecule has 0 bridgehead atoms. The number of nitrogens with one attached hydrogen (secondary N) is 1. The van der Waals surface area contributed by atoms with Crippen LogP contribution in [0.2, 0.25) is 0 Å². The van der Waals surface area contributed by atoms with Gasteiger partial charge in [-0.05, 0) is 13.3 Å². The predicted molar refractivity (Wildman–Crippen MR) is 86.9 cm³/mol. The van der Waals surface area contributed by atoms with Crippen molar-refractivity contribution >= 4 is 19.7 Å². The van der Waals surface area contributed by atoms with Crippen molar-refractivity contribution in [3.63, 3.8) is 0 Å². The molecule has 1 aliphatic heterocycles. The highest BCUT2D eigenvalue weighted by Gasteiger charge is 2.45. The lowest BCUT2D eigenvalue weighted by Gasteiger charge is -2.26. The normalized spacial score (nSPS) is 28.3. The van der Waals surface area contributed by atoms with Gasteiger partial charge in [-0.3, -0.25) is 9.59 Å². The van der Waals surface area contributed by atoms with Crippen molar-refractivity contribution in [2.24, 2.45) is 0 Å². The highest BCUT2D eigenvalue weighted by molar-refractivity contribution is 6.11. The third kappa shape index (κ3) is 6.12. The summed E-state index contributed by atoms with van der Waals surface area (Å²) in [7, 11) is 5.05. The Morgan fingerprint density at radius 1 is 1.30 bits per heavy atom. The van der Waals surface area contributed by atoms with E-state index >= 15 is 0 Å². The summed E-state index contributed by atoms with van der Waals surface area (Å²) < 4.78 is 22.4. The van der Waals surface area contributed by atoms with Crippen molar-refractivity contribution in [2.75, 3.05) is 20.8 Å². The second-order valence-corrected chi connectivity index (χ2v) is 5.78. The molecule has 1 fully saturated rings. The first-order valence-electron chi connectivity index (χ1n) is 8.12. The molecule has 132 valence electrons. The van der Waals surface area contributed by atoms with Gasteiger partial charge in [-0.2, -0.15) is 0 Å². The second kappa shape index (κ2) is 9.90. The fraction of sp³-hybridized carbons (Fsp3) is 0.867. The van der Waals surface area contributed by atoms with Gasteiger partial charge in [0.05, 0.1) is 31.2 Å². The lowest BCUT2D eigenvalue weighted by atomic mass is 9.92. The molecule has 1 rings (SSSR count). The van der Waals surface area contributed by atoms with E-state index < -0.39 is 12.1 Å². The Balaban J connectivity index is 2.64. The lowest BCUT2D eigenvalue weighted by Crippen LogP contribution is -2.41. The molecular formula is C15H28BNO6. The number of rotatable bonds is 9. The first kappa shape index (κ1) is 19.9. The summed E-state index contributed by atoms with van der Waals surface area (Å²) in [6.45, 7) is 4.33. The van der Waals surface area contributed by atoms with Gasteiger partial charge in [0.1, 0.15) is 14.0 Å². The van der Waals surface area contributed by atoms with Gasteiger partial charge in [0.15, 0.2) is 6.10 Å². The number of carbonyl (C=O) groups is 2. The van der Waals surface area contributed by atoms with Crippen molar-refractivity contribution in [3.8, 4) is 0 Å². The smallest absolute Gasteiger partial charge is 0.306 e. The average Bonchev–Trinajstić information content (AvgIpc) is 2.81. The van der Waals surface area contributed by atoms with Crippen LogP contribution in [0.3, 0.4) is 0 Å². The number of amides is 1. The highest BCUT2D eigenvalue weighted by Crippen LogP contribution is 2.28. The van der Waals surface area contributed by atoms with Gasteiger partial charge in [-0.1, -0.05) is 6.92 Å². The average molecular weight is 329 g/mol. The molecule has 2 unspecified atom stereocenters. The molecule has 0 radical (unpaired) electrons. The molecule has 23 heavy (non-hydrogen) atoms. The summed E-state index contributed by atoms with van der Waals surface area (Å²) in [6.07, 6.45) is -0.258. The maximum atomic E-state index is 12.0. The largest absolute Gasteiger partial charge is 0.457 e.